The molecular formula is C10H20N6. The summed E-state index contributed by atoms with van der Waals surface area (Å²) in [7, 11) is 9.83. The van der Waals surface area contributed by atoms with Crippen LogP contribution >= 0.6 is 0 Å². The minimum Gasteiger partial charge on any atom is -0.347 e. The van der Waals surface area contributed by atoms with E-state index in [-0.39, 0.29) is 0 Å². The third kappa shape index (κ3) is 3.30. The highest BCUT2D eigenvalue weighted by Gasteiger charge is 2.09. The van der Waals surface area contributed by atoms with Crippen molar-refractivity contribution in [2.75, 3.05) is 51.7 Å². The normalized spacial score (nSPS) is 10.7. The molecule has 0 atom stereocenters. The topological polar surface area (TPSA) is 48.4 Å². The van der Waals surface area contributed by atoms with Gasteiger partial charge in [0.25, 0.3) is 0 Å². The van der Waals surface area contributed by atoms with Crippen LogP contribution in [-0.4, -0.2) is 61.8 Å². The number of nitrogens with zero attached hydrogens (tertiary/aromatic N) is 6. The summed E-state index contributed by atoms with van der Waals surface area (Å²) in [5, 5.41) is 0. The fraction of sp³-hybridized carbons (Fsp3) is 0.700. The highest BCUT2D eigenvalue weighted by atomic mass is 15.4. The van der Waals surface area contributed by atoms with Crippen molar-refractivity contribution < 1.29 is 0 Å². The molecule has 6 nitrogen and oxygen atoms in total. The van der Waals surface area contributed by atoms with Crippen molar-refractivity contribution in [3.05, 3.63) is 5.82 Å². The van der Waals surface area contributed by atoms with Crippen LogP contribution in [0.5, 0.6) is 0 Å². The lowest BCUT2D eigenvalue weighted by Gasteiger charge is -2.22. The first kappa shape index (κ1) is 12.6. The average Bonchev–Trinajstić information content (AvgIpc) is 2.15. The number of aryl methyl sites for hydroxylation is 1. The van der Waals surface area contributed by atoms with E-state index >= 15 is 0 Å². The number of hydrogen-bond acceptors (Lipinski definition) is 6. The Bertz CT molecular complexity index is 349. The minimum atomic E-state index is 0.688. The highest BCUT2D eigenvalue weighted by Crippen LogP contribution is 2.10. The Balaban J connectivity index is 2.95. The Kier molecular flexibility index (Phi) is 4.00. The molecule has 0 aliphatic rings. The summed E-state index contributed by atoms with van der Waals surface area (Å²) >= 11 is 0. The molecule has 0 aliphatic heterocycles. The molecule has 0 saturated carbocycles. The molecule has 0 aliphatic carbocycles. The second-order valence-electron chi connectivity index (χ2n) is 4.30. The van der Waals surface area contributed by atoms with Crippen LogP contribution in [0.4, 0.5) is 11.9 Å². The molecule has 0 saturated heterocycles. The quantitative estimate of drug-likeness (QED) is 0.681. The molecule has 0 N–H and O–H groups in total. The first-order chi connectivity index (χ1) is 7.40. The van der Waals surface area contributed by atoms with E-state index in [1.165, 1.54) is 0 Å². The van der Waals surface area contributed by atoms with Gasteiger partial charge in [0, 0.05) is 21.1 Å². The monoisotopic (exact) mass is 224 g/mol. The van der Waals surface area contributed by atoms with Gasteiger partial charge in [0.15, 0.2) is 0 Å². The van der Waals surface area contributed by atoms with E-state index in [0.717, 1.165) is 12.5 Å². The summed E-state index contributed by atoms with van der Waals surface area (Å²) in [5.74, 6) is 2.12. The predicted molar refractivity (Wildman–Crippen MR) is 65.8 cm³/mol. The largest absolute Gasteiger partial charge is 0.347 e. The molecule has 6 heteroatoms. The molecule has 0 aromatic carbocycles. The number of aromatic nitrogens is 3. The van der Waals surface area contributed by atoms with Gasteiger partial charge in [-0.25, -0.2) is 0 Å². The summed E-state index contributed by atoms with van der Waals surface area (Å²) in [4.78, 5) is 18.9. The first-order valence-corrected chi connectivity index (χ1v) is 5.16. The van der Waals surface area contributed by atoms with Crippen molar-refractivity contribution in [3.8, 4) is 0 Å². The lowest BCUT2D eigenvalue weighted by atomic mass is 10.6. The fourth-order valence-electron chi connectivity index (χ4n) is 1.31. The van der Waals surface area contributed by atoms with Crippen LogP contribution in [0.15, 0.2) is 0 Å². The summed E-state index contributed by atoms with van der Waals surface area (Å²) < 4.78 is 0. The standard InChI is InChI=1S/C10H20N6/c1-8-11-9(15(4)5)13-10(12-8)16(6)7-14(2)3/h7H2,1-6H3. The maximum atomic E-state index is 4.39. The van der Waals surface area contributed by atoms with Crippen molar-refractivity contribution in [2.24, 2.45) is 0 Å². The van der Waals surface area contributed by atoms with Gasteiger partial charge in [0.1, 0.15) is 5.82 Å². The number of anilines is 2. The van der Waals surface area contributed by atoms with Gasteiger partial charge in [-0.05, 0) is 21.0 Å². The summed E-state index contributed by atoms with van der Waals surface area (Å²) in [5.41, 5.74) is 0. The molecular weight excluding hydrogens is 204 g/mol. The maximum absolute atomic E-state index is 4.39. The highest BCUT2D eigenvalue weighted by molar-refractivity contribution is 5.37. The Hall–Kier alpha value is -1.43. The molecule has 0 unspecified atom stereocenters. The molecule has 90 valence electrons. The Morgan fingerprint density at radius 1 is 0.875 bits per heavy atom. The Morgan fingerprint density at radius 3 is 1.94 bits per heavy atom. The summed E-state index contributed by atoms with van der Waals surface area (Å²) in [6.45, 7) is 2.65. The second kappa shape index (κ2) is 5.07. The van der Waals surface area contributed by atoms with E-state index in [2.05, 4.69) is 19.9 Å². The number of rotatable bonds is 4. The first-order valence-electron chi connectivity index (χ1n) is 5.16. The summed E-state index contributed by atoms with van der Waals surface area (Å²) in [6, 6.07) is 0. The van der Waals surface area contributed by atoms with Crippen LogP contribution in [0.1, 0.15) is 5.82 Å². The molecule has 1 aromatic rings. The SMILES string of the molecule is Cc1nc(N(C)C)nc(N(C)CN(C)C)n1. The molecule has 0 spiro atoms. The van der Waals surface area contributed by atoms with E-state index < -0.39 is 0 Å². The third-order valence-corrected chi connectivity index (χ3v) is 1.96. The Labute approximate surface area is 96.9 Å². The lowest BCUT2D eigenvalue weighted by molar-refractivity contribution is 0.409. The van der Waals surface area contributed by atoms with Crippen molar-refractivity contribution in [1.29, 1.82) is 0 Å². The van der Waals surface area contributed by atoms with E-state index in [1.54, 1.807) is 0 Å². The van der Waals surface area contributed by atoms with Crippen LogP contribution in [0, 0.1) is 6.92 Å². The molecule has 16 heavy (non-hydrogen) atoms. The van der Waals surface area contributed by atoms with E-state index in [0.29, 0.717) is 11.9 Å². The third-order valence-electron chi connectivity index (χ3n) is 1.96. The molecule has 1 aromatic heterocycles. The van der Waals surface area contributed by atoms with Gasteiger partial charge in [-0.3, -0.25) is 4.90 Å². The molecule has 0 amide bonds. The van der Waals surface area contributed by atoms with Crippen LogP contribution in [0.3, 0.4) is 0 Å². The van der Waals surface area contributed by atoms with Gasteiger partial charge in [-0.2, -0.15) is 15.0 Å². The van der Waals surface area contributed by atoms with Crippen LogP contribution in [-0.2, 0) is 0 Å². The zero-order valence-corrected chi connectivity index (χ0v) is 10.9. The van der Waals surface area contributed by atoms with Crippen molar-refractivity contribution >= 4 is 11.9 Å². The van der Waals surface area contributed by atoms with E-state index in [9.17, 15) is 0 Å². The van der Waals surface area contributed by atoms with Gasteiger partial charge in [-0.1, -0.05) is 0 Å². The van der Waals surface area contributed by atoms with Gasteiger partial charge in [0.05, 0.1) is 6.67 Å². The van der Waals surface area contributed by atoms with Gasteiger partial charge in [-0.15, -0.1) is 0 Å². The van der Waals surface area contributed by atoms with Crippen LogP contribution < -0.4 is 9.80 Å². The second-order valence-corrected chi connectivity index (χ2v) is 4.30. The minimum absolute atomic E-state index is 0.688. The number of hydrogen-bond donors (Lipinski definition) is 0. The van der Waals surface area contributed by atoms with Crippen molar-refractivity contribution in [1.82, 2.24) is 19.9 Å². The smallest absolute Gasteiger partial charge is 0.231 e. The van der Waals surface area contributed by atoms with Crippen LogP contribution in [0.2, 0.25) is 0 Å². The average molecular weight is 224 g/mol. The molecule has 0 fully saturated rings. The van der Waals surface area contributed by atoms with Gasteiger partial charge >= 0.3 is 0 Å². The Morgan fingerprint density at radius 2 is 1.44 bits per heavy atom. The van der Waals surface area contributed by atoms with Gasteiger partial charge in [0.2, 0.25) is 11.9 Å². The fourth-order valence-corrected chi connectivity index (χ4v) is 1.31. The zero-order chi connectivity index (χ0) is 12.3. The van der Waals surface area contributed by atoms with Crippen molar-refractivity contribution in [3.63, 3.8) is 0 Å². The molecule has 1 rings (SSSR count). The maximum Gasteiger partial charge on any atom is 0.231 e. The molecule has 1 heterocycles. The van der Waals surface area contributed by atoms with Crippen LogP contribution in [0.25, 0.3) is 0 Å². The van der Waals surface area contributed by atoms with E-state index in [4.69, 9.17) is 0 Å². The van der Waals surface area contributed by atoms with Crippen molar-refractivity contribution in [2.45, 2.75) is 6.92 Å². The summed E-state index contributed by atoms with van der Waals surface area (Å²) in [6.07, 6.45) is 0. The lowest BCUT2D eigenvalue weighted by Crippen LogP contribution is -2.32. The van der Waals surface area contributed by atoms with E-state index in [1.807, 2.05) is 52.0 Å². The zero-order valence-electron chi connectivity index (χ0n) is 10.9. The molecule has 0 bridgehead atoms. The predicted octanol–water partition coefficient (Wildman–Crippen LogP) is 0.201. The molecule has 0 radical (unpaired) electrons. The van der Waals surface area contributed by atoms with Gasteiger partial charge < -0.3 is 9.80 Å².